The highest BCUT2D eigenvalue weighted by Gasteiger charge is 2.24. The fourth-order valence-corrected chi connectivity index (χ4v) is 3.03. The largest absolute Gasteiger partial charge is 0.474 e. The number of nitrogens with zero attached hydrogens (tertiary/aromatic N) is 1. The molecule has 0 radical (unpaired) electrons. The molecule has 8 heteroatoms. The molecule has 3 rings (SSSR count). The second-order valence-corrected chi connectivity index (χ2v) is 6.44. The van der Waals surface area contributed by atoms with Crippen LogP contribution in [0.25, 0.3) is 22.6 Å². The van der Waals surface area contributed by atoms with Crippen LogP contribution in [0.2, 0.25) is 0 Å². The Balaban J connectivity index is 2.32. The second kappa shape index (κ2) is 5.91. The minimum atomic E-state index is -4.02. The highest BCUT2D eigenvalue weighted by molar-refractivity contribution is 7.89. The Morgan fingerprint density at radius 3 is 2.29 bits per heavy atom. The van der Waals surface area contributed by atoms with E-state index >= 15 is 0 Å². The summed E-state index contributed by atoms with van der Waals surface area (Å²) in [5.41, 5.74) is 0.843. The Hall–Kier alpha value is -2.97. The molecule has 0 unspecified atom stereocenters. The van der Waals surface area contributed by atoms with Crippen LogP contribution in [0.4, 0.5) is 0 Å². The maximum atomic E-state index is 11.8. The molecule has 0 bridgehead atoms. The van der Waals surface area contributed by atoms with E-state index in [-0.39, 0.29) is 21.9 Å². The number of aromatic carboxylic acids is 1. The quantitative estimate of drug-likeness (QED) is 0.749. The first kappa shape index (κ1) is 15.9. The Kier molecular flexibility index (Phi) is 3.92. The average Bonchev–Trinajstić information content (AvgIpc) is 3.00. The fraction of sp³-hybridized carbons (Fsp3) is 0. The van der Waals surface area contributed by atoms with E-state index in [0.29, 0.717) is 5.56 Å². The minimum Gasteiger partial charge on any atom is -0.474 e. The topological polar surface area (TPSA) is 123 Å². The molecular formula is C16H12N2O5S. The van der Waals surface area contributed by atoms with Crippen molar-refractivity contribution in [2.45, 2.75) is 4.90 Å². The molecule has 122 valence electrons. The molecule has 0 spiro atoms. The van der Waals surface area contributed by atoms with Crippen molar-refractivity contribution in [3.05, 3.63) is 60.5 Å². The molecular weight excluding hydrogens is 332 g/mol. The van der Waals surface area contributed by atoms with E-state index in [0.717, 1.165) is 0 Å². The summed E-state index contributed by atoms with van der Waals surface area (Å²) in [5, 5.41) is 14.4. The first-order valence-corrected chi connectivity index (χ1v) is 8.34. The maximum absolute atomic E-state index is 11.8. The summed E-state index contributed by atoms with van der Waals surface area (Å²) in [6.07, 6.45) is 0. The molecule has 0 saturated heterocycles. The summed E-state index contributed by atoms with van der Waals surface area (Å²) in [6.45, 7) is 0. The number of sulfonamides is 1. The normalized spacial score (nSPS) is 11.4. The van der Waals surface area contributed by atoms with Crippen LogP contribution in [-0.2, 0) is 10.0 Å². The van der Waals surface area contributed by atoms with Crippen LogP contribution < -0.4 is 5.14 Å². The minimum absolute atomic E-state index is 0.100. The fourth-order valence-electron chi connectivity index (χ4n) is 2.29. The summed E-state index contributed by atoms with van der Waals surface area (Å²) in [6, 6.07) is 14.6. The van der Waals surface area contributed by atoms with Crippen molar-refractivity contribution in [2.24, 2.45) is 5.14 Å². The van der Waals surface area contributed by atoms with Crippen molar-refractivity contribution in [1.29, 1.82) is 0 Å². The average molecular weight is 344 g/mol. The molecule has 0 aliphatic heterocycles. The van der Waals surface area contributed by atoms with Gasteiger partial charge in [0.25, 0.3) is 0 Å². The summed E-state index contributed by atoms with van der Waals surface area (Å²) in [5.74, 6) is -1.73. The lowest BCUT2D eigenvalue weighted by atomic mass is 10.1. The van der Waals surface area contributed by atoms with Gasteiger partial charge in [0.1, 0.15) is 5.69 Å². The molecule has 1 heterocycles. The van der Waals surface area contributed by atoms with Crippen molar-refractivity contribution in [3.63, 3.8) is 0 Å². The van der Waals surface area contributed by atoms with Gasteiger partial charge in [0, 0.05) is 11.1 Å². The van der Waals surface area contributed by atoms with Gasteiger partial charge in [-0.1, -0.05) is 48.5 Å². The third-order valence-electron chi connectivity index (χ3n) is 3.29. The molecule has 0 aliphatic rings. The third kappa shape index (κ3) is 2.92. The number of benzene rings is 2. The van der Waals surface area contributed by atoms with Gasteiger partial charge < -0.3 is 9.52 Å². The molecule has 1 aromatic heterocycles. The van der Waals surface area contributed by atoms with E-state index < -0.39 is 21.9 Å². The van der Waals surface area contributed by atoms with E-state index in [1.54, 1.807) is 36.4 Å². The van der Waals surface area contributed by atoms with E-state index in [2.05, 4.69) is 4.98 Å². The zero-order valence-corrected chi connectivity index (χ0v) is 13.0. The molecule has 0 atom stereocenters. The van der Waals surface area contributed by atoms with Gasteiger partial charge in [0.15, 0.2) is 5.76 Å². The molecule has 3 N–H and O–H groups in total. The van der Waals surface area contributed by atoms with Gasteiger partial charge in [-0.3, -0.25) is 0 Å². The number of carbonyl (C=O) groups is 1. The third-order valence-corrected chi connectivity index (χ3v) is 4.26. The van der Waals surface area contributed by atoms with Gasteiger partial charge >= 0.3 is 11.9 Å². The highest BCUT2D eigenvalue weighted by Crippen LogP contribution is 2.35. The van der Waals surface area contributed by atoms with Crippen LogP contribution in [0.15, 0.2) is 63.9 Å². The molecule has 0 saturated carbocycles. The maximum Gasteiger partial charge on any atom is 0.392 e. The number of hydrogen-bond donors (Lipinski definition) is 2. The van der Waals surface area contributed by atoms with Gasteiger partial charge in [-0.05, 0) is 6.07 Å². The molecule has 24 heavy (non-hydrogen) atoms. The number of rotatable bonds is 4. The van der Waals surface area contributed by atoms with Crippen LogP contribution in [0.3, 0.4) is 0 Å². The summed E-state index contributed by atoms with van der Waals surface area (Å²) in [4.78, 5) is 15.0. The lowest BCUT2D eigenvalue weighted by Crippen LogP contribution is -2.13. The summed E-state index contributed by atoms with van der Waals surface area (Å²) < 4.78 is 29.0. The Morgan fingerprint density at radius 2 is 1.67 bits per heavy atom. The van der Waals surface area contributed by atoms with E-state index in [1.807, 2.05) is 0 Å². The molecule has 0 fully saturated rings. The predicted molar refractivity (Wildman–Crippen MR) is 85.7 cm³/mol. The van der Waals surface area contributed by atoms with Crippen molar-refractivity contribution in [1.82, 2.24) is 4.98 Å². The van der Waals surface area contributed by atoms with Crippen molar-refractivity contribution >= 4 is 16.0 Å². The Labute approximate surface area is 137 Å². The first-order valence-electron chi connectivity index (χ1n) is 6.79. The zero-order chi connectivity index (χ0) is 17.3. The van der Waals surface area contributed by atoms with E-state index in [1.165, 1.54) is 18.2 Å². The van der Waals surface area contributed by atoms with E-state index in [4.69, 9.17) is 14.7 Å². The van der Waals surface area contributed by atoms with Crippen LogP contribution in [0, 0.1) is 0 Å². The van der Waals surface area contributed by atoms with Crippen LogP contribution in [-0.4, -0.2) is 24.5 Å². The van der Waals surface area contributed by atoms with Crippen molar-refractivity contribution in [3.8, 4) is 22.6 Å². The van der Waals surface area contributed by atoms with Crippen LogP contribution in [0.1, 0.15) is 10.7 Å². The van der Waals surface area contributed by atoms with Crippen molar-refractivity contribution < 1.29 is 22.7 Å². The number of carboxylic acids is 1. The number of aromatic nitrogens is 1. The zero-order valence-electron chi connectivity index (χ0n) is 12.2. The number of oxazole rings is 1. The Morgan fingerprint density at radius 1 is 1.04 bits per heavy atom. The highest BCUT2D eigenvalue weighted by atomic mass is 32.2. The van der Waals surface area contributed by atoms with Crippen molar-refractivity contribution in [2.75, 3.05) is 0 Å². The predicted octanol–water partition coefficient (Wildman–Crippen LogP) is 2.35. The van der Waals surface area contributed by atoms with Gasteiger partial charge in [-0.25, -0.2) is 23.3 Å². The molecule has 3 aromatic rings. The van der Waals surface area contributed by atoms with Gasteiger partial charge in [-0.2, -0.15) is 0 Å². The van der Waals surface area contributed by atoms with Gasteiger partial charge in [0.2, 0.25) is 10.0 Å². The van der Waals surface area contributed by atoms with Crippen LogP contribution >= 0.6 is 0 Å². The molecule has 0 aliphatic carbocycles. The van der Waals surface area contributed by atoms with Gasteiger partial charge in [0.05, 0.1) is 4.90 Å². The molecule has 7 nitrogen and oxygen atoms in total. The van der Waals surface area contributed by atoms with E-state index in [9.17, 15) is 13.2 Å². The molecule has 2 aromatic carbocycles. The second-order valence-electron chi connectivity index (χ2n) is 4.91. The number of hydrogen-bond acceptors (Lipinski definition) is 5. The smallest absolute Gasteiger partial charge is 0.392 e. The lowest BCUT2D eigenvalue weighted by molar-refractivity contribution is 0.0654. The number of primary sulfonamides is 1. The molecule has 0 amide bonds. The SMILES string of the molecule is NS(=O)(=O)c1ccccc1-c1nc(C(=O)O)oc1-c1ccccc1. The van der Waals surface area contributed by atoms with Crippen LogP contribution in [0.5, 0.6) is 0 Å². The Bertz CT molecular complexity index is 1010. The standard InChI is InChI=1S/C16H12N2O5S/c17-24(21,22)12-9-5-4-8-11(12)13-14(10-6-2-1-3-7-10)23-15(18-13)16(19)20/h1-9H,(H,19,20)(H2,17,21,22). The monoisotopic (exact) mass is 344 g/mol. The van der Waals surface area contributed by atoms with Gasteiger partial charge in [-0.15, -0.1) is 0 Å². The summed E-state index contributed by atoms with van der Waals surface area (Å²) in [7, 11) is -4.02. The number of carboxylic acid groups (broad SMARTS) is 1. The lowest BCUT2D eigenvalue weighted by Gasteiger charge is -2.06. The summed E-state index contributed by atoms with van der Waals surface area (Å²) >= 11 is 0. The first-order chi connectivity index (χ1) is 11.4. The number of nitrogens with two attached hydrogens (primary N) is 1.